The van der Waals surface area contributed by atoms with Gasteiger partial charge in [0.05, 0.1) is 0 Å². The molecule has 2 amide bonds. The van der Waals surface area contributed by atoms with Gasteiger partial charge in [0.1, 0.15) is 6.04 Å². The van der Waals surface area contributed by atoms with Gasteiger partial charge in [-0.1, -0.05) is 54.6 Å². The van der Waals surface area contributed by atoms with Crippen LogP contribution in [0.2, 0.25) is 0 Å². The summed E-state index contributed by atoms with van der Waals surface area (Å²) in [5.74, 6) is -0.685. The molecule has 0 bridgehead atoms. The standard InChI is InChI=1S/C19H19N3O2/c1-15(21-19(24)17-12-6-3-7-13-17)18(23)22-20-14-8-11-16-9-4-2-5-10-16/h2-15H,1H3,(H,21,24)(H,22,23)/b11-8+,20-14-/t15-/m1/s1. The van der Waals surface area contributed by atoms with Gasteiger partial charge in [-0.05, 0) is 30.7 Å². The monoisotopic (exact) mass is 321 g/mol. The number of nitrogens with zero attached hydrogens (tertiary/aromatic N) is 1. The molecule has 2 aromatic rings. The van der Waals surface area contributed by atoms with Crippen LogP contribution in [-0.4, -0.2) is 24.1 Å². The highest BCUT2D eigenvalue weighted by molar-refractivity contribution is 5.97. The quantitative estimate of drug-likeness (QED) is 0.634. The summed E-state index contributed by atoms with van der Waals surface area (Å²) in [6.45, 7) is 1.60. The van der Waals surface area contributed by atoms with Crippen molar-refractivity contribution >= 4 is 24.1 Å². The van der Waals surface area contributed by atoms with Crippen LogP contribution >= 0.6 is 0 Å². The molecule has 2 rings (SSSR count). The number of hydrazone groups is 1. The van der Waals surface area contributed by atoms with Gasteiger partial charge in [0, 0.05) is 11.8 Å². The minimum absolute atomic E-state index is 0.300. The highest BCUT2D eigenvalue weighted by Gasteiger charge is 2.15. The smallest absolute Gasteiger partial charge is 0.262 e. The average Bonchev–Trinajstić information content (AvgIpc) is 2.62. The fourth-order valence-electron chi connectivity index (χ4n) is 1.89. The van der Waals surface area contributed by atoms with E-state index in [0.29, 0.717) is 5.56 Å². The number of allylic oxidation sites excluding steroid dienone is 1. The number of hydrogen-bond acceptors (Lipinski definition) is 3. The van der Waals surface area contributed by atoms with Crippen LogP contribution in [-0.2, 0) is 4.79 Å². The first-order valence-electron chi connectivity index (χ1n) is 7.57. The van der Waals surface area contributed by atoms with Crippen LogP contribution in [0, 0.1) is 0 Å². The molecule has 24 heavy (non-hydrogen) atoms. The Hall–Kier alpha value is -3.21. The third-order valence-corrected chi connectivity index (χ3v) is 3.20. The normalized spacial score (nSPS) is 12.2. The lowest BCUT2D eigenvalue weighted by Gasteiger charge is -2.11. The Labute approximate surface area is 141 Å². The van der Waals surface area contributed by atoms with Gasteiger partial charge in [0.25, 0.3) is 11.8 Å². The fourth-order valence-corrected chi connectivity index (χ4v) is 1.89. The lowest BCUT2D eigenvalue weighted by atomic mass is 10.2. The third-order valence-electron chi connectivity index (χ3n) is 3.20. The molecule has 0 saturated carbocycles. The SMILES string of the molecule is C[C@@H](NC(=O)c1ccccc1)C(=O)N/N=C\C=C\c1ccccc1. The highest BCUT2D eigenvalue weighted by atomic mass is 16.2. The number of rotatable bonds is 6. The summed E-state index contributed by atoms with van der Waals surface area (Å²) in [7, 11) is 0. The minimum atomic E-state index is -0.687. The van der Waals surface area contributed by atoms with Gasteiger partial charge >= 0.3 is 0 Å². The first-order chi connectivity index (χ1) is 11.7. The molecule has 0 aliphatic rings. The molecule has 0 aromatic heterocycles. The van der Waals surface area contributed by atoms with Crippen LogP contribution in [0.4, 0.5) is 0 Å². The Morgan fingerprint density at radius 2 is 1.62 bits per heavy atom. The van der Waals surface area contributed by atoms with Gasteiger partial charge in [-0.3, -0.25) is 9.59 Å². The number of hydrogen-bond donors (Lipinski definition) is 2. The van der Waals surface area contributed by atoms with Gasteiger partial charge in [0.2, 0.25) is 0 Å². The van der Waals surface area contributed by atoms with Crippen molar-refractivity contribution in [2.75, 3.05) is 0 Å². The van der Waals surface area contributed by atoms with Crippen LogP contribution < -0.4 is 10.7 Å². The minimum Gasteiger partial charge on any atom is -0.340 e. The van der Waals surface area contributed by atoms with Gasteiger partial charge in [-0.2, -0.15) is 5.10 Å². The van der Waals surface area contributed by atoms with E-state index < -0.39 is 6.04 Å². The Bertz CT molecular complexity index is 725. The summed E-state index contributed by atoms with van der Waals surface area (Å²) in [5.41, 5.74) is 3.94. The first-order valence-corrected chi connectivity index (χ1v) is 7.57. The Kier molecular flexibility index (Phi) is 6.46. The van der Waals surface area contributed by atoms with E-state index in [4.69, 9.17) is 0 Å². The summed E-state index contributed by atoms with van der Waals surface area (Å²) in [6.07, 6.45) is 5.08. The van der Waals surface area contributed by atoms with Crippen molar-refractivity contribution in [3.8, 4) is 0 Å². The van der Waals surface area contributed by atoms with Crippen LogP contribution in [0.3, 0.4) is 0 Å². The van der Waals surface area contributed by atoms with Gasteiger partial charge in [0.15, 0.2) is 0 Å². The van der Waals surface area contributed by atoms with Crippen molar-refractivity contribution in [2.45, 2.75) is 13.0 Å². The lowest BCUT2D eigenvalue weighted by molar-refractivity contribution is -0.122. The molecule has 0 saturated heterocycles. The largest absolute Gasteiger partial charge is 0.340 e. The van der Waals surface area contributed by atoms with Gasteiger partial charge in [-0.15, -0.1) is 0 Å². The average molecular weight is 321 g/mol. The second-order valence-electron chi connectivity index (χ2n) is 5.09. The van der Waals surface area contributed by atoms with E-state index in [1.54, 1.807) is 37.3 Å². The van der Waals surface area contributed by atoms with Crippen molar-refractivity contribution in [3.05, 3.63) is 77.9 Å². The maximum atomic E-state index is 12.0. The predicted octanol–water partition coefficient (Wildman–Crippen LogP) is 2.62. The zero-order valence-electron chi connectivity index (χ0n) is 13.3. The molecule has 0 heterocycles. The molecule has 0 radical (unpaired) electrons. The lowest BCUT2D eigenvalue weighted by Crippen LogP contribution is -2.43. The zero-order chi connectivity index (χ0) is 17.2. The number of benzene rings is 2. The maximum Gasteiger partial charge on any atom is 0.262 e. The highest BCUT2D eigenvalue weighted by Crippen LogP contribution is 2.00. The molecule has 5 nitrogen and oxygen atoms in total. The molecule has 0 aliphatic heterocycles. The summed E-state index contributed by atoms with van der Waals surface area (Å²) < 4.78 is 0. The van der Waals surface area contributed by atoms with E-state index in [-0.39, 0.29) is 11.8 Å². The first kappa shape index (κ1) is 17.1. The molecule has 0 fully saturated rings. The summed E-state index contributed by atoms with van der Waals surface area (Å²) in [4.78, 5) is 23.8. The molecular weight excluding hydrogens is 302 g/mol. The molecule has 0 unspecified atom stereocenters. The van der Waals surface area contributed by atoms with Crippen LogP contribution in [0.15, 0.2) is 71.8 Å². The van der Waals surface area contributed by atoms with E-state index in [1.165, 1.54) is 6.21 Å². The zero-order valence-corrected chi connectivity index (χ0v) is 13.3. The second kappa shape index (κ2) is 9.05. The van der Waals surface area contributed by atoms with E-state index in [9.17, 15) is 9.59 Å². The number of amides is 2. The van der Waals surface area contributed by atoms with Crippen molar-refractivity contribution in [2.24, 2.45) is 5.10 Å². The molecule has 1 atom stereocenters. The van der Waals surface area contributed by atoms with E-state index >= 15 is 0 Å². The molecular formula is C19H19N3O2. The summed E-state index contributed by atoms with van der Waals surface area (Å²) in [6, 6.07) is 17.8. The molecule has 5 heteroatoms. The maximum absolute atomic E-state index is 12.0. The van der Waals surface area contributed by atoms with E-state index in [2.05, 4.69) is 15.8 Å². The molecule has 122 valence electrons. The van der Waals surface area contributed by atoms with Crippen LogP contribution in [0.25, 0.3) is 6.08 Å². The molecule has 0 spiro atoms. The third kappa shape index (κ3) is 5.53. The van der Waals surface area contributed by atoms with Crippen LogP contribution in [0.5, 0.6) is 0 Å². The van der Waals surface area contributed by atoms with E-state index in [0.717, 1.165) is 5.56 Å². The molecule has 0 aliphatic carbocycles. The van der Waals surface area contributed by atoms with E-state index in [1.807, 2.05) is 42.5 Å². The van der Waals surface area contributed by atoms with Crippen molar-refractivity contribution in [3.63, 3.8) is 0 Å². The van der Waals surface area contributed by atoms with Gasteiger partial charge < -0.3 is 5.32 Å². The summed E-state index contributed by atoms with van der Waals surface area (Å²) in [5, 5.41) is 6.44. The number of carbonyl (C=O) groups excluding carboxylic acids is 2. The van der Waals surface area contributed by atoms with Crippen LogP contribution in [0.1, 0.15) is 22.8 Å². The molecule has 2 aromatic carbocycles. The summed E-state index contributed by atoms with van der Waals surface area (Å²) >= 11 is 0. The Balaban J connectivity index is 1.78. The van der Waals surface area contributed by atoms with Crippen molar-refractivity contribution in [1.82, 2.24) is 10.7 Å². The Morgan fingerprint density at radius 3 is 2.29 bits per heavy atom. The van der Waals surface area contributed by atoms with Gasteiger partial charge in [-0.25, -0.2) is 5.43 Å². The number of nitrogens with one attached hydrogen (secondary N) is 2. The predicted molar refractivity (Wildman–Crippen MR) is 95.5 cm³/mol. The van der Waals surface area contributed by atoms with Crippen molar-refractivity contribution in [1.29, 1.82) is 0 Å². The molecule has 2 N–H and O–H groups in total. The number of carbonyl (C=O) groups is 2. The fraction of sp³-hybridized carbons (Fsp3) is 0.105. The topological polar surface area (TPSA) is 70.6 Å². The Morgan fingerprint density at radius 1 is 1.00 bits per heavy atom. The second-order valence-corrected chi connectivity index (χ2v) is 5.09. The van der Waals surface area contributed by atoms with Crippen molar-refractivity contribution < 1.29 is 9.59 Å².